The van der Waals surface area contributed by atoms with Gasteiger partial charge in [0.15, 0.2) is 11.6 Å². The normalized spacial score (nSPS) is 13.5. The number of ether oxygens (including phenoxy) is 1. The van der Waals surface area contributed by atoms with Crippen LogP contribution in [0.5, 0.6) is 5.75 Å². The molecule has 0 atom stereocenters. The summed E-state index contributed by atoms with van der Waals surface area (Å²) in [7, 11) is 0. The van der Waals surface area contributed by atoms with Gasteiger partial charge in [-0.05, 0) is 62.4 Å². The van der Waals surface area contributed by atoms with Crippen LogP contribution in [-0.4, -0.2) is 74.6 Å². The lowest BCUT2D eigenvalue weighted by molar-refractivity contribution is -0.111. The Morgan fingerprint density at radius 1 is 1.12 bits per heavy atom. The molecule has 2 heterocycles. The summed E-state index contributed by atoms with van der Waals surface area (Å²) in [5.74, 6) is 0.761. The number of halogens is 1. The lowest BCUT2D eigenvalue weighted by atomic mass is 10.2. The van der Waals surface area contributed by atoms with E-state index in [9.17, 15) is 9.18 Å². The third-order valence-electron chi connectivity index (χ3n) is 6.31. The smallest absolute Gasteiger partial charge is 0.247 e. The second-order valence-corrected chi connectivity index (χ2v) is 11.2. The first-order chi connectivity index (χ1) is 19.8. The summed E-state index contributed by atoms with van der Waals surface area (Å²) < 4.78 is 21.2. The van der Waals surface area contributed by atoms with Crippen molar-refractivity contribution in [3.8, 4) is 5.75 Å². The van der Waals surface area contributed by atoms with E-state index in [4.69, 9.17) is 17.0 Å². The number of thiocarbonyl (C=S) groups is 1. The van der Waals surface area contributed by atoms with Gasteiger partial charge < -0.3 is 25.6 Å². The van der Waals surface area contributed by atoms with Gasteiger partial charge in [-0.2, -0.15) is 4.98 Å². The van der Waals surface area contributed by atoms with E-state index in [1.54, 1.807) is 36.0 Å². The van der Waals surface area contributed by atoms with Crippen LogP contribution in [0.3, 0.4) is 0 Å². The van der Waals surface area contributed by atoms with Crippen molar-refractivity contribution in [2.45, 2.75) is 19.9 Å². The van der Waals surface area contributed by atoms with Crippen LogP contribution in [0.15, 0.2) is 67.4 Å². The fraction of sp³-hybridized carbons (Fsp3) is 0.310. The predicted octanol–water partition coefficient (Wildman–Crippen LogP) is 5.65. The highest BCUT2D eigenvalue weighted by Crippen LogP contribution is 2.24. The van der Waals surface area contributed by atoms with Crippen LogP contribution in [0.25, 0.3) is 0 Å². The molecule has 0 spiro atoms. The Labute approximate surface area is 249 Å². The van der Waals surface area contributed by atoms with Gasteiger partial charge >= 0.3 is 0 Å². The lowest BCUT2D eigenvalue weighted by Gasteiger charge is -2.37. The van der Waals surface area contributed by atoms with Gasteiger partial charge in [0.05, 0.1) is 12.8 Å². The molecule has 0 aliphatic carbocycles. The molecule has 1 saturated heterocycles. The van der Waals surface area contributed by atoms with Gasteiger partial charge in [0.25, 0.3) is 0 Å². The maximum absolute atomic E-state index is 14.4. The van der Waals surface area contributed by atoms with Crippen LogP contribution in [0.2, 0.25) is 0 Å². The van der Waals surface area contributed by atoms with Gasteiger partial charge in [-0.25, -0.2) is 9.37 Å². The highest BCUT2D eigenvalue weighted by atomic mass is 32.2. The van der Waals surface area contributed by atoms with Gasteiger partial charge in [-0.3, -0.25) is 9.69 Å². The molecule has 4 rings (SSSR count). The molecule has 12 heteroatoms. The fourth-order valence-corrected chi connectivity index (χ4v) is 5.22. The molecule has 216 valence electrons. The predicted molar refractivity (Wildman–Crippen MR) is 169 cm³/mol. The Morgan fingerprint density at radius 2 is 1.85 bits per heavy atom. The third kappa shape index (κ3) is 9.13. The monoisotopic (exact) mass is 595 g/mol. The quantitative estimate of drug-likeness (QED) is 0.147. The highest BCUT2D eigenvalue weighted by molar-refractivity contribution is 8.22. The summed E-state index contributed by atoms with van der Waals surface area (Å²) in [6.07, 6.45) is 2.26. The van der Waals surface area contributed by atoms with Gasteiger partial charge in [-0.1, -0.05) is 36.6 Å². The molecule has 41 heavy (non-hydrogen) atoms. The number of hydrogen-bond acceptors (Lipinski definition) is 9. The third-order valence-corrected chi connectivity index (χ3v) is 7.80. The van der Waals surface area contributed by atoms with Crippen molar-refractivity contribution in [3.05, 3.63) is 73.2 Å². The van der Waals surface area contributed by atoms with Crippen LogP contribution in [0.1, 0.15) is 13.8 Å². The Balaban J connectivity index is 1.24. The zero-order chi connectivity index (χ0) is 29.2. The molecule has 0 unspecified atom stereocenters. The first kappa shape index (κ1) is 30.2. The molecule has 9 nitrogen and oxygen atoms in total. The van der Waals surface area contributed by atoms with Gasteiger partial charge in [0, 0.05) is 55.0 Å². The van der Waals surface area contributed by atoms with E-state index in [0.29, 0.717) is 24.0 Å². The molecule has 0 bridgehead atoms. The van der Waals surface area contributed by atoms with Crippen LogP contribution in [0.4, 0.5) is 33.2 Å². The summed E-state index contributed by atoms with van der Waals surface area (Å²) in [5.41, 5.74) is 1.81. The summed E-state index contributed by atoms with van der Waals surface area (Å²) in [6, 6.07) is 14.8. The summed E-state index contributed by atoms with van der Waals surface area (Å²) in [5, 5.41) is 8.66. The molecule has 1 aliphatic rings. The number of anilines is 5. The Hall–Kier alpha value is -3.74. The van der Waals surface area contributed by atoms with Gasteiger partial charge in [0.1, 0.15) is 10.1 Å². The molecule has 3 aromatic rings. The average Bonchev–Trinajstić information content (AvgIpc) is 2.98. The van der Waals surface area contributed by atoms with Gasteiger partial charge in [-0.15, -0.1) is 0 Å². The number of aromatic nitrogens is 2. The lowest BCUT2D eigenvalue weighted by Crippen LogP contribution is -2.49. The van der Waals surface area contributed by atoms with Gasteiger partial charge in [0.2, 0.25) is 11.9 Å². The van der Waals surface area contributed by atoms with Crippen LogP contribution in [-0.2, 0) is 4.79 Å². The van der Waals surface area contributed by atoms with Crippen LogP contribution < -0.4 is 20.7 Å². The number of hydrogen-bond donors (Lipinski definition) is 3. The van der Waals surface area contributed by atoms with Crippen molar-refractivity contribution in [1.82, 2.24) is 19.8 Å². The summed E-state index contributed by atoms with van der Waals surface area (Å²) in [4.78, 5) is 24.6. The minimum Gasteiger partial charge on any atom is -0.493 e. The zero-order valence-corrected chi connectivity index (χ0v) is 24.7. The van der Waals surface area contributed by atoms with Crippen molar-refractivity contribution in [2.24, 2.45) is 0 Å². The highest BCUT2D eigenvalue weighted by Gasteiger charge is 2.20. The zero-order valence-electron chi connectivity index (χ0n) is 23.1. The number of amides is 1. The molecule has 1 fully saturated rings. The minimum absolute atomic E-state index is 0.00753. The Bertz CT molecular complexity index is 1350. The van der Waals surface area contributed by atoms with E-state index in [0.717, 1.165) is 53.9 Å². The van der Waals surface area contributed by atoms with Crippen molar-refractivity contribution in [2.75, 3.05) is 54.5 Å². The van der Waals surface area contributed by atoms with E-state index < -0.39 is 5.82 Å². The van der Waals surface area contributed by atoms with Crippen molar-refractivity contribution >= 4 is 63.0 Å². The summed E-state index contributed by atoms with van der Waals surface area (Å²) >= 11 is 7.26. The molecular formula is C29H34FN7O2S2. The topological polar surface area (TPSA) is 94.6 Å². The molecule has 0 saturated carbocycles. The van der Waals surface area contributed by atoms with E-state index in [2.05, 4.69) is 56.1 Å². The van der Waals surface area contributed by atoms with Crippen molar-refractivity contribution in [1.29, 1.82) is 0 Å². The number of benzene rings is 2. The van der Waals surface area contributed by atoms with Crippen LogP contribution >= 0.6 is 24.0 Å². The largest absolute Gasteiger partial charge is 0.493 e. The SMILES string of the molecule is C=CC(=O)Nc1cccc(Nc2nc(Nc3ccc(OCCSC(=S)N4CCN(C(C)C)CC4)cc3)ncc2F)c1. The van der Waals surface area contributed by atoms with Crippen LogP contribution in [0, 0.1) is 5.82 Å². The van der Waals surface area contributed by atoms with Crippen molar-refractivity contribution < 1.29 is 13.9 Å². The number of carbonyl (C=O) groups excluding carboxylic acids is 1. The first-order valence-corrected chi connectivity index (χ1v) is 14.7. The van der Waals surface area contributed by atoms with E-state index in [1.165, 1.54) is 6.08 Å². The summed E-state index contributed by atoms with van der Waals surface area (Å²) in [6.45, 7) is 12.5. The average molecular weight is 596 g/mol. The molecule has 1 amide bonds. The Morgan fingerprint density at radius 3 is 2.56 bits per heavy atom. The molecule has 1 aliphatic heterocycles. The number of nitrogens with one attached hydrogen (secondary N) is 3. The maximum Gasteiger partial charge on any atom is 0.247 e. The standard InChI is InChI=1S/C29H34FN7O2S2/c1-4-26(38)32-22-6-5-7-23(18-22)33-27-25(30)19-31-28(35-27)34-21-8-10-24(11-9-21)39-16-17-41-29(40)37-14-12-36(13-15-37)20(2)3/h4-11,18-20H,1,12-17H2,2-3H3,(H,32,38)(H2,31,33,34,35). The number of carbonyl (C=O) groups is 1. The number of rotatable bonds is 11. The number of thioether (sulfide) groups is 1. The minimum atomic E-state index is -0.616. The molecule has 1 aromatic heterocycles. The molecule has 0 radical (unpaired) electrons. The second-order valence-electron chi connectivity index (χ2n) is 9.52. The number of piperazine rings is 1. The first-order valence-electron chi connectivity index (χ1n) is 13.3. The molecule has 3 N–H and O–H groups in total. The van der Waals surface area contributed by atoms with Crippen molar-refractivity contribution in [3.63, 3.8) is 0 Å². The number of nitrogens with zero attached hydrogens (tertiary/aromatic N) is 4. The molecular weight excluding hydrogens is 561 g/mol. The fourth-order valence-electron chi connectivity index (χ4n) is 4.08. The maximum atomic E-state index is 14.4. The van der Waals surface area contributed by atoms with E-state index in [-0.39, 0.29) is 17.7 Å². The van der Waals surface area contributed by atoms with E-state index >= 15 is 0 Å². The Kier molecular flexibility index (Phi) is 10.9. The van der Waals surface area contributed by atoms with E-state index in [1.807, 2.05) is 24.3 Å². The molecule has 2 aromatic carbocycles. The second kappa shape index (κ2) is 14.8.